The van der Waals surface area contributed by atoms with Gasteiger partial charge in [-0.05, 0) is 26.0 Å². The van der Waals surface area contributed by atoms with Crippen molar-refractivity contribution in [1.29, 1.82) is 0 Å². The Bertz CT molecular complexity index is 714. The van der Waals surface area contributed by atoms with Crippen LogP contribution in [0.1, 0.15) is 13.8 Å². The molecule has 7 heteroatoms. The number of carbonyl (C=O) groups excluding carboxylic acids is 1. The van der Waals surface area contributed by atoms with E-state index in [4.69, 9.17) is 4.74 Å². The third kappa shape index (κ3) is 3.97. The molecule has 6 nitrogen and oxygen atoms in total. The predicted octanol–water partition coefficient (Wildman–Crippen LogP) is 2.76. The van der Waals surface area contributed by atoms with Gasteiger partial charge >= 0.3 is 0 Å². The number of hydrogen-bond donors (Lipinski definition) is 1. The smallest absolute Gasteiger partial charge is 0.233 e. The van der Waals surface area contributed by atoms with Crippen LogP contribution in [0, 0.1) is 0 Å². The van der Waals surface area contributed by atoms with E-state index in [-0.39, 0.29) is 11.2 Å². The third-order valence-corrected chi connectivity index (χ3v) is 4.46. The molecule has 0 aliphatic heterocycles. The second kappa shape index (κ2) is 8.54. The molecule has 0 saturated carbocycles. The van der Waals surface area contributed by atoms with Crippen molar-refractivity contribution < 1.29 is 9.53 Å². The zero-order valence-electron chi connectivity index (χ0n) is 14.2. The molecule has 0 aliphatic rings. The molecule has 128 valence electrons. The topological polar surface area (TPSA) is 69.0 Å². The number of hydrogen-bond acceptors (Lipinski definition) is 5. The molecule has 0 radical (unpaired) electrons. The van der Waals surface area contributed by atoms with Gasteiger partial charge in [0.05, 0.1) is 17.9 Å². The summed E-state index contributed by atoms with van der Waals surface area (Å²) in [5.41, 5.74) is 0.854. The van der Waals surface area contributed by atoms with Crippen LogP contribution in [-0.2, 0) is 11.3 Å². The number of nitrogens with one attached hydrogen (secondary N) is 1. The Morgan fingerprint density at radius 1 is 1.46 bits per heavy atom. The molecule has 0 aliphatic carbocycles. The highest BCUT2D eigenvalue weighted by atomic mass is 32.2. The number of rotatable bonds is 8. The average Bonchev–Trinajstić information content (AvgIpc) is 2.97. The molecule has 1 aromatic heterocycles. The van der Waals surface area contributed by atoms with E-state index in [0.29, 0.717) is 24.1 Å². The monoisotopic (exact) mass is 346 g/mol. The normalized spacial score (nSPS) is 11.8. The van der Waals surface area contributed by atoms with Gasteiger partial charge < -0.3 is 10.1 Å². The summed E-state index contributed by atoms with van der Waals surface area (Å²) in [6.07, 6.45) is 1.78. The summed E-state index contributed by atoms with van der Waals surface area (Å²) in [4.78, 5) is 12.0. The van der Waals surface area contributed by atoms with Crippen LogP contribution in [0.3, 0.4) is 0 Å². The van der Waals surface area contributed by atoms with Crippen LogP contribution in [0.4, 0.5) is 0 Å². The zero-order valence-corrected chi connectivity index (χ0v) is 15.0. The van der Waals surface area contributed by atoms with Gasteiger partial charge in [0.25, 0.3) is 0 Å². The standard InChI is InChI=1S/C17H22N4O2S/c1-5-11-21-15(13-9-7-8-10-14(13)23-4)19-20-17(21)24-12(3)16(22)18-6-2/h5,7-10,12H,1,6,11H2,2-4H3,(H,18,22)/t12-/m1/s1. The van der Waals surface area contributed by atoms with Crippen LogP contribution in [0.2, 0.25) is 0 Å². The molecule has 1 atom stereocenters. The van der Waals surface area contributed by atoms with Crippen molar-refractivity contribution in [3.63, 3.8) is 0 Å². The van der Waals surface area contributed by atoms with Gasteiger partial charge in [-0.3, -0.25) is 9.36 Å². The Kier molecular flexibility index (Phi) is 6.43. The maximum Gasteiger partial charge on any atom is 0.233 e. The molecule has 0 spiro atoms. The first-order chi connectivity index (χ1) is 11.6. The Balaban J connectivity index is 2.36. The molecular weight excluding hydrogens is 324 g/mol. The number of methoxy groups -OCH3 is 1. The quantitative estimate of drug-likeness (QED) is 0.588. The predicted molar refractivity (Wildman–Crippen MR) is 96.2 cm³/mol. The molecule has 1 amide bonds. The summed E-state index contributed by atoms with van der Waals surface area (Å²) < 4.78 is 7.35. The fourth-order valence-electron chi connectivity index (χ4n) is 2.23. The SMILES string of the molecule is C=CCn1c(S[C@H](C)C(=O)NCC)nnc1-c1ccccc1OC. The highest BCUT2D eigenvalue weighted by molar-refractivity contribution is 8.00. The van der Waals surface area contributed by atoms with Crippen molar-refractivity contribution in [2.24, 2.45) is 0 Å². The van der Waals surface area contributed by atoms with E-state index in [1.54, 1.807) is 13.2 Å². The first kappa shape index (κ1) is 18.1. The fraction of sp³-hybridized carbons (Fsp3) is 0.353. The molecule has 2 aromatic rings. The average molecular weight is 346 g/mol. The number of aromatic nitrogens is 3. The Morgan fingerprint density at radius 3 is 2.88 bits per heavy atom. The molecule has 24 heavy (non-hydrogen) atoms. The van der Waals surface area contributed by atoms with Gasteiger partial charge in [-0.1, -0.05) is 30.0 Å². The molecule has 0 fully saturated rings. The second-order valence-corrected chi connectivity index (χ2v) is 6.37. The lowest BCUT2D eigenvalue weighted by Crippen LogP contribution is -2.30. The van der Waals surface area contributed by atoms with E-state index in [1.807, 2.05) is 42.7 Å². The van der Waals surface area contributed by atoms with E-state index in [1.165, 1.54) is 11.8 Å². The fourth-order valence-corrected chi connectivity index (χ4v) is 3.11. The minimum atomic E-state index is -0.261. The number of carbonyl (C=O) groups is 1. The zero-order chi connectivity index (χ0) is 17.5. The molecule has 0 unspecified atom stereocenters. The first-order valence-electron chi connectivity index (χ1n) is 7.74. The van der Waals surface area contributed by atoms with Crippen molar-refractivity contribution in [3.05, 3.63) is 36.9 Å². The van der Waals surface area contributed by atoms with Crippen LogP contribution >= 0.6 is 11.8 Å². The van der Waals surface area contributed by atoms with Crippen molar-refractivity contribution in [2.75, 3.05) is 13.7 Å². The van der Waals surface area contributed by atoms with E-state index in [9.17, 15) is 4.79 Å². The molecular formula is C17H22N4O2S. The Morgan fingerprint density at radius 2 is 2.21 bits per heavy atom. The number of allylic oxidation sites excluding steroid dienone is 1. The number of benzene rings is 1. The van der Waals surface area contributed by atoms with Gasteiger partial charge in [-0.15, -0.1) is 16.8 Å². The number of ether oxygens (including phenoxy) is 1. The summed E-state index contributed by atoms with van der Waals surface area (Å²) >= 11 is 1.38. The van der Waals surface area contributed by atoms with Gasteiger partial charge in [-0.2, -0.15) is 0 Å². The van der Waals surface area contributed by atoms with Crippen molar-refractivity contribution >= 4 is 17.7 Å². The first-order valence-corrected chi connectivity index (χ1v) is 8.62. The van der Waals surface area contributed by atoms with Crippen molar-refractivity contribution in [2.45, 2.75) is 30.8 Å². The van der Waals surface area contributed by atoms with Gasteiger partial charge in [0, 0.05) is 13.1 Å². The maximum atomic E-state index is 12.0. The molecule has 1 heterocycles. The van der Waals surface area contributed by atoms with Crippen LogP contribution in [0.25, 0.3) is 11.4 Å². The summed E-state index contributed by atoms with van der Waals surface area (Å²) in [6.45, 7) is 8.71. The number of thioether (sulfide) groups is 1. The lowest BCUT2D eigenvalue weighted by Gasteiger charge is -2.13. The van der Waals surface area contributed by atoms with Gasteiger partial charge in [-0.25, -0.2) is 0 Å². The van der Waals surface area contributed by atoms with Gasteiger partial charge in [0.15, 0.2) is 11.0 Å². The lowest BCUT2D eigenvalue weighted by atomic mass is 10.2. The minimum absolute atomic E-state index is 0.0190. The number of amides is 1. The largest absolute Gasteiger partial charge is 0.496 e. The number of nitrogens with zero attached hydrogens (tertiary/aromatic N) is 3. The van der Waals surface area contributed by atoms with Gasteiger partial charge in [0.2, 0.25) is 5.91 Å². The molecule has 1 aromatic carbocycles. The highest BCUT2D eigenvalue weighted by Crippen LogP contribution is 2.31. The van der Waals surface area contributed by atoms with Crippen LogP contribution in [0.15, 0.2) is 42.1 Å². The summed E-state index contributed by atoms with van der Waals surface area (Å²) in [7, 11) is 1.62. The summed E-state index contributed by atoms with van der Waals surface area (Å²) in [6, 6.07) is 7.65. The third-order valence-electron chi connectivity index (χ3n) is 3.38. The Hall–Kier alpha value is -2.28. The number of para-hydroxylation sites is 1. The van der Waals surface area contributed by atoms with E-state index >= 15 is 0 Å². The summed E-state index contributed by atoms with van der Waals surface area (Å²) in [5, 5.41) is 11.8. The summed E-state index contributed by atoms with van der Waals surface area (Å²) in [5.74, 6) is 1.40. The van der Waals surface area contributed by atoms with Gasteiger partial charge in [0.1, 0.15) is 5.75 Å². The van der Waals surface area contributed by atoms with Crippen molar-refractivity contribution in [3.8, 4) is 17.1 Å². The molecule has 0 saturated heterocycles. The van der Waals surface area contributed by atoms with Crippen LogP contribution in [-0.4, -0.2) is 39.6 Å². The second-order valence-electron chi connectivity index (χ2n) is 5.06. The van der Waals surface area contributed by atoms with Crippen molar-refractivity contribution in [1.82, 2.24) is 20.1 Å². The van der Waals surface area contributed by atoms with E-state index < -0.39 is 0 Å². The van der Waals surface area contributed by atoms with Crippen LogP contribution < -0.4 is 10.1 Å². The molecule has 0 bridgehead atoms. The van der Waals surface area contributed by atoms with E-state index in [2.05, 4.69) is 22.1 Å². The van der Waals surface area contributed by atoms with Crippen LogP contribution in [0.5, 0.6) is 5.75 Å². The van der Waals surface area contributed by atoms with E-state index in [0.717, 1.165) is 11.3 Å². The lowest BCUT2D eigenvalue weighted by molar-refractivity contribution is -0.120. The maximum absolute atomic E-state index is 12.0. The molecule has 2 rings (SSSR count). The molecule has 1 N–H and O–H groups in total. The Labute approximate surface area is 146 Å². The minimum Gasteiger partial charge on any atom is -0.496 e. The highest BCUT2D eigenvalue weighted by Gasteiger charge is 2.21.